The molecule has 0 amide bonds. The number of nitrogens with zero attached hydrogens (tertiary/aromatic N) is 1. The monoisotopic (exact) mass is 449 g/mol. The Hall–Kier alpha value is -1.33. The number of terminal acetylenes is 1. The molecule has 23 heavy (non-hydrogen) atoms. The molecule has 0 radical (unpaired) electrons. The summed E-state index contributed by atoms with van der Waals surface area (Å²) in [5.41, 5.74) is 0.951. The minimum atomic E-state index is 0. The van der Waals surface area contributed by atoms with E-state index in [0.717, 1.165) is 18.5 Å². The van der Waals surface area contributed by atoms with E-state index in [4.69, 9.17) is 27.5 Å². The van der Waals surface area contributed by atoms with Crippen molar-refractivity contribution in [3.05, 3.63) is 22.7 Å². The number of hydrogen-bond donors (Lipinski definition) is 2. The van der Waals surface area contributed by atoms with Crippen molar-refractivity contribution in [3.63, 3.8) is 0 Å². The molecule has 5 nitrogen and oxygen atoms in total. The quantitative estimate of drug-likeness (QED) is 0.321. The molecule has 0 atom stereocenters. The first kappa shape index (κ1) is 19.7. The Morgan fingerprint density at radius 2 is 2.13 bits per heavy atom. The minimum Gasteiger partial charge on any atom is -0.489 e. The van der Waals surface area contributed by atoms with Gasteiger partial charge in [0.15, 0.2) is 17.5 Å². The van der Waals surface area contributed by atoms with Gasteiger partial charge in [0.1, 0.15) is 0 Å². The molecule has 2 N–H and O–H groups in total. The number of hydrogen-bond acceptors (Lipinski definition) is 3. The molecule has 0 aromatic heterocycles. The molecule has 1 aromatic carbocycles. The Bertz CT molecular complexity index is 587. The molecule has 2 rings (SSSR count). The zero-order valence-corrected chi connectivity index (χ0v) is 16.1. The van der Waals surface area contributed by atoms with Gasteiger partial charge in [0.05, 0.1) is 31.3 Å². The van der Waals surface area contributed by atoms with Crippen LogP contribution in [0.3, 0.4) is 0 Å². The van der Waals surface area contributed by atoms with E-state index < -0.39 is 0 Å². The maximum absolute atomic E-state index is 6.27. The average molecular weight is 450 g/mol. The fourth-order valence-electron chi connectivity index (χ4n) is 2.02. The fraction of sp³-hybridized carbons (Fsp3) is 0.438. The normalized spacial score (nSPS) is 13.3. The van der Waals surface area contributed by atoms with Crippen molar-refractivity contribution in [2.45, 2.75) is 19.9 Å². The van der Waals surface area contributed by atoms with Crippen LogP contribution in [-0.2, 0) is 6.54 Å². The fourth-order valence-corrected chi connectivity index (χ4v) is 2.31. The predicted molar refractivity (Wildman–Crippen MR) is 104 cm³/mol. The van der Waals surface area contributed by atoms with E-state index in [-0.39, 0.29) is 24.0 Å². The number of guanidine groups is 1. The molecular formula is C16H21ClIN3O2. The second kappa shape index (κ2) is 10.4. The molecule has 1 aliphatic heterocycles. The van der Waals surface area contributed by atoms with Crippen LogP contribution >= 0.6 is 35.6 Å². The lowest BCUT2D eigenvalue weighted by molar-refractivity contribution is 0.297. The second-order valence-corrected chi connectivity index (χ2v) is 5.12. The molecule has 126 valence electrons. The highest BCUT2D eigenvalue weighted by atomic mass is 127. The van der Waals surface area contributed by atoms with E-state index >= 15 is 0 Å². The van der Waals surface area contributed by atoms with Crippen LogP contribution in [0, 0.1) is 12.3 Å². The van der Waals surface area contributed by atoms with E-state index in [2.05, 4.69) is 21.5 Å². The summed E-state index contributed by atoms with van der Waals surface area (Å²) in [5.74, 6) is 4.48. The molecule has 1 heterocycles. The molecule has 0 saturated heterocycles. The highest BCUT2D eigenvalue weighted by Crippen LogP contribution is 2.38. The van der Waals surface area contributed by atoms with Crippen LogP contribution in [0.25, 0.3) is 0 Å². The van der Waals surface area contributed by atoms with Crippen LogP contribution in [0.4, 0.5) is 0 Å². The van der Waals surface area contributed by atoms with Crippen LogP contribution < -0.4 is 20.1 Å². The summed E-state index contributed by atoms with van der Waals surface area (Å²) in [7, 11) is 0. The summed E-state index contributed by atoms with van der Waals surface area (Å²) in [5, 5.41) is 6.72. The Morgan fingerprint density at radius 1 is 1.35 bits per heavy atom. The Balaban J connectivity index is 0.00000264. The molecule has 0 fully saturated rings. The smallest absolute Gasteiger partial charge is 0.192 e. The third kappa shape index (κ3) is 5.99. The van der Waals surface area contributed by atoms with Crippen molar-refractivity contribution < 1.29 is 9.47 Å². The van der Waals surface area contributed by atoms with Gasteiger partial charge >= 0.3 is 0 Å². The zero-order valence-electron chi connectivity index (χ0n) is 13.0. The minimum absolute atomic E-state index is 0. The van der Waals surface area contributed by atoms with Crippen molar-refractivity contribution in [1.82, 2.24) is 10.6 Å². The number of benzene rings is 1. The van der Waals surface area contributed by atoms with Crippen molar-refractivity contribution in [3.8, 4) is 23.8 Å². The van der Waals surface area contributed by atoms with Gasteiger partial charge in [-0.1, -0.05) is 17.5 Å². The van der Waals surface area contributed by atoms with Gasteiger partial charge in [-0.15, -0.1) is 30.4 Å². The first-order valence-corrected chi connectivity index (χ1v) is 7.66. The van der Waals surface area contributed by atoms with E-state index in [1.54, 1.807) is 0 Å². The number of ether oxygens (including phenoxy) is 2. The molecule has 7 heteroatoms. The highest BCUT2D eigenvalue weighted by Gasteiger charge is 2.15. The van der Waals surface area contributed by atoms with Gasteiger partial charge in [-0.3, -0.25) is 0 Å². The number of aliphatic imine (C=N–C) groups is 1. The van der Waals surface area contributed by atoms with Gasteiger partial charge in [0, 0.05) is 13.0 Å². The van der Waals surface area contributed by atoms with Crippen LogP contribution in [-0.4, -0.2) is 32.3 Å². The molecule has 0 bridgehead atoms. The van der Waals surface area contributed by atoms with Gasteiger partial charge in [-0.25, -0.2) is 4.99 Å². The van der Waals surface area contributed by atoms with E-state index in [0.29, 0.717) is 48.8 Å². The third-order valence-electron chi connectivity index (χ3n) is 2.98. The van der Waals surface area contributed by atoms with Gasteiger partial charge in [-0.2, -0.15) is 0 Å². The van der Waals surface area contributed by atoms with Crippen molar-refractivity contribution in [1.29, 1.82) is 0 Å². The average Bonchev–Trinajstić information content (AvgIpc) is 2.76. The number of rotatable bonds is 4. The number of nitrogens with one attached hydrogen (secondary N) is 2. The SMILES string of the molecule is C#CCNC(=NCc1cc(Cl)c2c(c1)OCCCO2)NCC.I. The standard InChI is InChI=1S/C16H20ClN3O2.HI/c1-3-6-19-16(18-4-2)20-11-12-9-13(17)15-14(10-12)21-7-5-8-22-15;/h1,9-10H,4-8,11H2,2H3,(H2,18,19,20);1H. The van der Waals surface area contributed by atoms with Crippen LogP contribution in [0.1, 0.15) is 18.9 Å². The lowest BCUT2D eigenvalue weighted by atomic mass is 10.2. The van der Waals surface area contributed by atoms with Crippen molar-refractivity contribution in [2.75, 3.05) is 26.3 Å². The van der Waals surface area contributed by atoms with Gasteiger partial charge in [0.25, 0.3) is 0 Å². The number of fused-ring (bicyclic) bond motifs is 1. The second-order valence-electron chi connectivity index (χ2n) is 4.71. The van der Waals surface area contributed by atoms with Crippen LogP contribution in [0.5, 0.6) is 11.5 Å². The molecule has 1 aliphatic rings. The molecule has 0 saturated carbocycles. The van der Waals surface area contributed by atoms with E-state index in [1.807, 2.05) is 19.1 Å². The van der Waals surface area contributed by atoms with E-state index in [9.17, 15) is 0 Å². The summed E-state index contributed by atoms with van der Waals surface area (Å²) < 4.78 is 11.3. The Kier molecular flexibility index (Phi) is 8.95. The maximum atomic E-state index is 6.27. The maximum Gasteiger partial charge on any atom is 0.192 e. The van der Waals surface area contributed by atoms with Gasteiger partial charge in [-0.05, 0) is 24.6 Å². The first-order chi connectivity index (χ1) is 10.7. The number of halogens is 2. The largest absolute Gasteiger partial charge is 0.489 e. The summed E-state index contributed by atoms with van der Waals surface area (Å²) in [6.45, 7) is 4.90. The highest BCUT2D eigenvalue weighted by molar-refractivity contribution is 14.0. The summed E-state index contributed by atoms with van der Waals surface area (Å²) >= 11 is 6.27. The molecule has 1 aromatic rings. The topological polar surface area (TPSA) is 54.9 Å². The molecule has 0 spiro atoms. The van der Waals surface area contributed by atoms with Gasteiger partial charge < -0.3 is 20.1 Å². The lowest BCUT2D eigenvalue weighted by Crippen LogP contribution is -2.37. The van der Waals surface area contributed by atoms with Gasteiger partial charge in [0.2, 0.25) is 0 Å². The van der Waals surface area contributed by atoms with Crippen LogP contribution in [0.2, 0.25) is 5.02 Å². The molecule has 0 unspecified atom stereocenters. The van der Waals surface area contributed by atoms with E-state index in [1.165, 1.54) is 0 Å². The predicted octanol–water partition coefficient (Wildman–Crippen LogP) is 2.81. The summed E-state index contributed by atoms with van der Waals surface area (Å²) in [4.78, 5) is 4.48. The zero-order chi connectivity index (χ0) is 15.8. The Morgan fingerprint density at radius 3 is 2.87 bits per heavy atom. The lowest BCUT2D eigenvalue weighted by Gasteiger charge is -2.12. The Labute approximate surface area is 159 Å². The third-order valence-corrected chi connectivity index (χ3v) is 3.26. The van der Waals surface area contributed by atoms with Crippen molar-refractivity contribution >= 4 is 41.5 Å². The summed E-state index contributed by atoms with van der Waals surface area (Å²) in [6.07, 6.45) is 6.09. The summed E-state index contributed by atoms with van der Waals surface area (Å²) in [6, 6.07) is 3.77. The van der Waals surface area contributed by atoms with Crippen LogP contribution in [0.15, 0.2) is 17.1 Å². The molecule has 0 aliphatic carbocycles. The van der Waals surface area contributed by atoms with Crippen molar-refractivity contribution in [2.24, 2.45) is 4.99 Å². The first-order valence-electron chi connectivity index (χ1n) is 7.28. The molecular weight excluding hydrogens is 429 g/mol.